The van der Waals surface area contributed by atoms with Crippen molar-refractivity contribution in [3.63, 3.8) is 0 Å². The number of nitro benzene ring substituents is 1. The van der Waals surface area contributed by atoms with Gasteiger partial charge in [0.15, 0.2) is 0 Å². The van der Waals surface area contributed by atoms with Crippen molar-refractivity contribution in [2.75, 3.05) is 17.7 Å². The van der Waals surface area contributed by atoms with Crippen LogP contribution in [0.5, 0.6) is 0 Å². The number of ether oxygens (including phenoxy) is 1. The summed E-state index contributed by atoms with van der Waals surface area (Å²) in [7, 11) is 0. The highest BCUT2D eigenvalue weighted by Gasteiger charge is 2.13. The Hall–Kier alpha value is -2.81. The van der Waals surface area contributed by atoms with Gasteiger partial charge in [-0.25, -0.2) is 0 Å². The number of aromatic nitrogens is 3. The molecule has 0 bridgehead atoms. The quantitative estimate of drug-likeness (QED) is 0.582. The fourth-order valence-electron chi connectivity index (χ4n) is 1.99. The zero-order valence-corrected chi connectivity index (χ0v) is 12.9. The van der Waals surface area contributed by atoms with E-state index in [1.165, 1.54) is 6.07 Å². The van der Waals surface area contributed by atoms with E-state index in [2.05, 4.69) is 20.3 Å². The summed E-state index contributed by atoms with van der Waals surface area (Å²) < 4.78 is 5.54. The molecule has 1 aromatic heterocycles. The van der Waals surface area contributed by atoms with Crippen LogP contribution in [0.1, 0.15) is 18.3 Å². The van der Waals surface area contributed by atoms with Gasteiger partial charge in [0.25, 0.3) is 5.69 Å². The van der Waals surface area contributed by atoms with Crippen LogP contribution >= 0.6 is 0 Å². The summed E-state index contributed by atoms with van der Waals surface area (Å²) in [5.41, 5.74) is 6.14. The Bertz CT molecular complexity index is 674. The molecule has 0 radical (unpaired) electrons. The molecule has 1 aromatic carbocycles. The van der Waals surface area contributed by atoms with Crippen LogP contribution in [0.2, 0.25) is 0 Å². The first-order valence-electron chi connectivity index (χ1n) is 7.00. The van der Waals surface area contributed by atoms with Gasteiger partial charge in [-0.1, -0.05) is 12.1 Å². The number of nitrogens with one attached hydrogen (secondary N) is 1. The molecule has 3 N–H and O–H groups in total. The van der Waals surface area contributed by atoms with E-state index in [0.29, 0.717) is 23.9 Å². The SMILES string of the molecule is Cc1nc(N)nc(NC(C)COCc2ccccc2[N+](=O)[O-])n1. The minimum absolute atomic E-state index is 0.0500. The molecule has 0 fully saturated rings. The fourth-order valence-corrected chi connectivity index (χ4v) is 1.99. The van der Waals surface area contributed by atoms with Gasteiger partial charge in [-0.15, -0.1) is 0 Å². The Kier molecular flexibility index (Phi) is 5.36. The van der Waals surface area contributed by atoms with Gasteiger partial charge in [-0.2, -0.15) is 15.0 Å². The molecule has 2 rings (SSSR count). The Labute approximate surface area is 133 Å². The number of rotatable bonds is 7. The fraction of sp³-hybridized carbons (Fsp3) is 0.357. The van der Waals surface area contributed by atoms with Crippen molar-refractivity contribution in [3.05, 3.63) is 45.8 Å². The molecule has 0 saturated heterocycles. The van der Waals surface area contributed by atoms with Gasteiger partial charge in [0.05, 0.1) is 23.7 Å². The van der Waals surface area contributed by atoms with E-state index in [-0.39, 0.29) is 24.3 Å². The number of anilines is 2. The first kappa shape index (κ1) is 16.6. The van der Waals surface area contributed by atoms with Crippen molar-refractivity contribution in [1.82, 2.24) is 15.0 Å². The monoisotopic (exact) mass is 318 g/mol. The molecule has 1 unspecified atom stereocenters. The molecule has 1 heterocycles. The number of hydrogen-bond donors (Lipinski definition) is 2. The van der Waals surface area contributed by atoms with E-state index in [0.717, 1.165) is 0 Å². The Balaban J connectivity index is 1.88. The molecule has 0 spiro atoms. The third kappa shape index (κ3) is 4.85. The molecule has 23 heavy (non-hydrogen) atoms. The second kappa shape index (κ2) is 7.45. The molecular weight excluding hydrogens is 300 g/mol. The first-order chi connectivity index (χ1) is 11.0. The van der Waals surface area contributed by atoms with E-state index in [1.807, 2.05) is 6.92 Å². The van der Waals surface area contributed by atoms with Crippen LogP contribution in [0.4, 0.5) is 17.6 Å². The molecule has 9 heteroatoms. The van der Waals surface area contributed by atoms with Crippen LogP contribution in [-0.4, -0.2) is 32.5 Å². The van der Waals surface area contributed by atoms with Gasteiger partial charge in [-0.05, 0) is 19.9 Å². The molecular formula is C14H18N6O3. The maximum absolute atomic E-state index is 10.9. The lowest BCUT2D eigenvalue weighted by molar-refractivity contribution is -0.385. The number of nitro groups is 1. The van der Waals surface area contributed by atoms with Crippen LogP contribution in [0.15, 0.2) is 24.3 Å². The summed E-state index contributed by atoms with van der Waals surface area (Å²) in [6.07, 6.45) is 0. The molecule has 1 atom stereocenters. The van der Waals surface area contributed by atoms with Gasteiger partial charge in [0.1, 0.15) is 5.82 Å². The Morgan fingerprint density at radius 2 is 2.09 bits per heavy atom. The van der Waals surface area contributed by atoms with Gasteiger partial charge in [-0.3, -0.25) is 10.1 Å². The lowest BCUT2D eigenvalue weighted by Crippen LogP contribution is -2.23. The summed E-state index contributed by atoms with van der Waals surface area (Å²) in [6.45, 7) is 4.09. The van der Waals surface area contributed by atoms with Crippen LogP contribution in [0.25, 0.3) is 0 Å². The van der Waals surface area contributed by atoms with Gasteiger partial charge in [0, 0.05) is 12.1 Å². The zero-order chi connectivity index (χ0) is 16.8. The minimum atomic E-state index is -0.420. The van der Waals surface area contributed by atoms with Gasteiger partial charge >= 0.3 is 0 Å². The lowest BCUT2D eigenvalue weighted by atomic mass is 10.2. The summed E-state index contributed by atoms with van der Waals surface area (Å²) in [5.74, 6) is 1.04. The topological polar surface area (TPSA) is 129 Å². The van der Waals surface area contributed by atoms with E-state index < -0.39 is 4.92 Å². The highest BCUT2D eigenvalue weighted by Crippen LogP contribution is 2.18. The number of aryl methyl sites for hydroxylation is 1. The third-order valence-corrected chi connectivity index (χ3v) is 2.95. The number of nitrogens with zero attached hydrogens (tertiary/aromatic N) is 4. The highest BCUT2D eigenvalue weighted by molar-refractivity contribution is 5.39. The maximum Gasteiger partial charge on any atom is 0.274 e. The third-order valence-electron chi connectivity index (χ3n) is 2.95. The molecule has 0 aliphatic carbocycles. The van der Waals surface area contributed by atoms with Crippen LogP contribution in [0.3, 0.4) is 0 Å². The number of para-hydroxylation sites is 1. The van der Waals surface area contributed by atoms with Gasteiger partial charge < -0.3 is 15.8 Å². The number of hydrogen-bond acceptors (Lipinski definition) is 8. The summed E-state index contributed by atoms with van der Waals surface area (Å²) >= 11 is 0. The molecule has 0 aliphatic heterocycles. The van der Waals surface area contributed by atoms with E-state index >= 15 is 0 Å². The first-order valence-corrected chi connectivity index (χ1v) is 7.00. The van der Waals surface area contributed by atoms with Crippen molar-refractivity contribution in [2.24, 2.45) is 0 Å². The molecule has 9 nitrogen and oxygen atoms in total. The highest BCUT2D eigenvalue weighted by atomic mass is 16.6. The second-order valence-corrected chi connectivity index (χ2v) is 5.01. The molecule has 2 aromatic rings. The predicted octanol–water partition coefficient (Wildman–Crippen LogP) is 1.69. The Morgan fingerprint density at radius 3 is 2.78 bits per heavy atom. The number of benzene rings is 1. The molecule has 0 aliphatic rings. The van der Waals surface area contributed by atoms with Crippen molar-refractivity contribution in [3.8, 4) is 0 Å². The second-order valence-electron chi connectivity index (χ2n) is 5.01. The van der Waals surface area contributed by atoms with Crippen LogP contribution in [-0.2, 0) is 11.3 Å². The number of nitrogens with two attached hydrogens (primary N) is 1. The normalized spacial score (nSPS) is 11.9. The Morgan fingerprint density at radius 1 is 1.35 bits per heavy atom. The lowest BCUT2D eigenvalue weighted by Gasteiger charge is -2.14. The smallest absolute Gasteiger partial charge is 0.274 e. The molecule has 122 valence electrons. The van der Waals surface area contributed by atoms with Crippen molar-refractivity contribution in [1.29, 1.82) is 0 Å². The van der Waals surface area contributed by atoms with E-state index in [9.17, 15) is 10.1 Å². The van der Waals surface area contributed by atoms with Gasteiger partial charge in [0.2, 0.25) is 11.9 Å². The summed E-state index contributed by atoms with van der Waals surface area (Å²) in [5, 5.41) is 14.0. The molecule has 0 saturated carbocycles. The van der Waals surface area contributed by atoms with E-state index in [1.54, 1.807) is 25.1 Å². The average Bonchev–Trinajstić information content (AvgIpc) is 2.46. The molecule has 0 amide bonds. The summed E-state index contributed by atoms with van der Waals surface area (Å²) in [4.78, 5) is 22.5. The van der Waals surface area contributed by atoms with Crippen molar-refractivity contribution in [2.45, 2.75) is 26.5 Å². The zero-order valence-electron chi connectivity index (χ0n) is 12.9. The average molecular weight is 318 g/mol. The predicted molar refractivity (Wildman–Crippen MR) is 84.8 cm³/mol. The largest absolute Gasteiger partial charge is 0.374 e. The number of nitrogen functional groups attached to an aromatic ring is 1. The van der Waals surface area contributed by atoms with Crippen molar-refractivity contribution < 1.29 is 9.66 Å². The van der Waals surface area contributed by atoms with Crippen LogP contribution in [0, 0.1) is 17.0 Å². The minimum Gasteiger partial charge on any atom is -0.374 e. The van der Waals surface area contributed by atoms with Crippen LogP contribution < -0.4 is 11.1 Å². The van der Waals surface area contributed by atoms with Crippen molar-refractivity contribution >= 4 is 17.6 Å². The van der Waals surface area contributed by atoms with E-state index in [4.69, 9.17) is 10.5 Å². The summed E-state index contributed by atoms with van der Waals surface area (Å²) in [6, 6.07) is 6.39. The maximum atomic E-state index is 10.9. The standard InChI is InChI=1S/C14H18N6O3/c1-9(16-14-18-10(2)17-13(15)19-14)7-23-8-11-5-3-4-6-12(11)20(21)22/h3-6,9H,7-8H2,1-2H3,(H3,15,16,17,18,19).